The van der Waals surface area contributed by atoms with E-state index in [2.05, 4.69) is 34.0 Å². The van der Waals surface area contributed by atoms with Gasteiger partial charge in [-0.1, -0.05) is 32.0 Å². The summed E-state index contributed by atoms with van der Waals surface area (Å²) in [5.41, 5.74) is 2.23. The Morgan fingerprint density at radius 2 is 1.92 bits per heavy atom. The molecule has 2 heterocycles. The molecular weight excluding hydrogens is 304 g/mol. The molecule has 1 aromatic carbocycles. The van der Waals surface area contributed by atoms with Crippen LogP contribution in [0.15, 0.2) is 36.7 Å². The minimum Gasteiger partial charge on any atom is -0.378 e. The molecule has 2 aromatic rings. The number of ether oxygens (including phenoxy) is 1. The van der Waals surface area contributed by atoms with Crippen LogP contribution in [0, 0.1) is 0 Å². The van der Waals surface area contributed by atoms with Gasteiger partial charge in [-0.2, -0.15) is 0 Å². The van der Waals surface area contributed by atoms with Crippen LogP contribution >= 0.6 is 0 Å². The third-order valence-corrected chi connectivity index (χ3v) is 4.04. The Morgan fingerprint density at radius 1 is 1.17 bits per heavy atom. The quantitative estimate of drug-likeness (QED) is 0.935. The van der Waals surface area contributed by atoms with Crippen molar-refractivity contribution in [3.05, 3.63) is 47.9 Å². The molecule has 6 heteroatoms. The number of aromatic nitrogens is 2. The maximum atomic E-state index is 12.4. The summed E-state index contributed by atoms with van der Waals surface area (Å²) >= 11 is 0. The van der Waals surface area contributed by atoms with Gasteiger partial charge in [0.15, 0.2) is 0 Å². The first-order chi connectivity index (χ1) is 11.6. The zero-order valence-corrected chi connectivity index (χ0v) is 14.0. The van der Waals surface area contributed by atoms with Crippen LogP contribution in [-0.4, -0.2) is 42.2 Å². The molecule has 1 aliphatic heterocycles. The Kier molecular flexibility index (Phi) is 5.05. The zero-order chi connectivity index (χ0) is 16.9. The average Bonchev–Trinajstić information content (AvgIpc) is 2.63. The molecule has 0 aliphatic carbocycles. The van der Waals surface area contributed by atoms with E-state index in [9.17, 15) is 4.79 Å². The smallest absolute Gasteiger partial charge is 0.275 e. The predicted molar refractivity (Wildman–Crippen MR) is 93.5 cm³/mol. The van der Waals surface area contributed by atoms with Crippen molar-refractivity contribution in [3.63, 3.8) is 0 Å². The first-order valence-electron chi connectivity index (χ1n) is 8.20. The molecule has 0 atom stereocenters. The van der Waals surface area contributed by atoms with Gasteiger partial charge in [-0.15, -0.1) is 0 Å². The highest BCUT2D eigenvalue weighted by molar-refractivity contribution is 6.03. The fourth-order valence-corrected chi connectivity index (χ4v) is 2.69. The van der Waals surface area contributed by atoms with Crippen LogP contribution < -0.4 is 10.2 Å². The van der Waals surface area contributed by atoms with E-state index in [-0.39, 0.29) is 5.91 Å². The highest BCUT2D eigenvalue weighted by Gasteiger charge is 2.15. The SMILES string of the molecule is CC(C)c1ccccc1NC(=O)c1cnc(N2CCOCC2)cn1. The van der Waals surface area contributed by atoms with Gasteiger partial charge in [-0.25, -0.2) is 9.97 Å². The van der Waals surface area contributed by atoms with Crippen LogP contribution in [0.3, 0.4) is 0 Å². The van der Waals surface area contributed by atoms with Crippen molar-refractivity contribution in [2.24, 2.45) is 0 Å². The summed E-state index contributed by atoms with van der Waals surface area (Å²) in [5.74, 6) is 0.859. The van der Waals surface area contributed by atoms with Crippen LogP contribution in [0.2, 0.25) is 0 Å². The van der Waals surface area contributed by atoms with E-state index in [1.165, 1.54) is 6.20 Å². The van der Waals surface area contributed by atoms with Crippen LogP contribution in [-0.2, 0) is 4.74 Å². The number of nitrogens with one attached hydrogen (secondary N) is 1. The highest BCUT2D eigenvalue weighted by Crippen LogP contribution is 2.24. The van der Waals surface area contributed by atoms with Crippen LogP contribution in [0.4, 0.5) is 11.5 Å². The average molecular weight is 326 g/mol. The van der Waals surface area contributed by atoms with Crippen molar-refractivity contribution in [2.75, 3.05) is 36.5 Å². The Bertz CT molecular complexity index is 694. The van der Waals surface area contributed by atoms with Crippen LogP contribution in [0.5, 0.6) is 0 Å². The van der Waals surface area contributed by atoms with E-state index in [1.807, 2.05) is 24.3 Å². The summed E-state index contributed by atoms with van der Waals surface area (Å²) in [6.45, 7) is 7.17. The topological polar surface area (TPSA) is 67.4 Å². The summed E-state index contributed by atoms with van der Waals surface area (Å²) in [6, 6.07) is 7.81. The van der Waals surface area contributed by atoms with Gasteiger partial charge >= 0.3 is 0 Å². The largest absolute Gasteiger partial charge is 0.378 e. The molecule has 0 saturated carbocycles. The lowest BCUT2D eigenvalue weighted by Gasteiger charge is -2.27. The summed E-state index contributed by atoms with van der Waals surface area (Å²) in [4.78, 5) is 23.2. The van der Waals surface area contributed by atoms with Gasteiger partial charge in [0.2, 0.25) is 0 Å². The lowest BCUT2D eigenvalue weighted by Crippen LogP contribution is -2.36. The van der Waals surface area contributed by atoms with Crippen LogP contribution in [0.25, 0.3) is 0 Å². The number of benzene rings is 1. The van der Waals surface area contributed by atoms with E-state index in [1.54, 1.807) is 6.20 Å². The van der Waals surface area contributed by atoms with E-state index in [0.717, 1.165) is 30.2 Å². The molecule has 126 valence electrons. The van der Waals surface area contributed by atoms with Crippen molar-refractivity contribution in [1.29, 1.82) is 0 Å². The molecule has 1 fully saturated rings. The molecule has 24 heavy (non-hydrogen) atoms. The molecular formula is C18H22N4O2. The Labute approximate surface area is 141 Å². The second-order valence-electron chi connectivity index (χ2n) is 6.06. The summed E-state index contributed by atoms with van der Waals surface area (Å²) in [6.07, 6.45) is 3.17. The first kappa shape index (κ1) is 16.4. The maximum Gasteiger partial charge on any atom is 0.275 e. The molecule has 0 bridgehead atoms. The van der Waals surface area contributed by atoms with Crippen molar-refractivity contribution in [1.82, 2.24) is 9.97 Å². The van der Waals surface area contributed by atoms with Crippen LogP contribution in [0.1, 0.15) is 35.8 Å². The molecule has 0 radical (unpaired) electrons. The van der Waals surface area contributed by atoms with Crippen molar-refractivity contribution >= 4 is 17.4 Å². The first-order valence-corrected chi connectivity index (χ1v) is 8.20. The minimum atomic E-state index is -0.246. The molecule has 1 N–H and O–H groups in total. The van der Waals surface area contributed by atoms with E-state index >= 15 is 0 Å². The summed E-state index contributed by atoms with van der Waals surface area (Å²) in [5, 5.41) is 2.93. The van der Waals surface area contributed by atoms with E-state index in [4.69, 9.17) is 4.74 Å². The fraction of sp³-hybridized carbons (Fsp3) is 0.389. The molecule has 6 nitrogen and oxygen atoms in total. The Hall–Kier alpha value is -2.47. The number of para-hydroxylation sites is 1. The Morgan fingerprint density at radius 3 is 2.58 bits per heavy atom. The predicted octanol–water partition coefficient (Wildman–Crippen LogP) is 2.69. The van der Waals surface area contributed by atoms with E-state index in [0.29, 0.717) is 24.8 Å². The molecule has 1 amide bonds. The maximum absolute atomic E-state index is 12.4. The summed E-state index contributed by atoms with van der Waals surface area (Å²) < 4.78 is 5.33. The number of carbonyl (C=O) groups excluding carboxylic acids is 1. The van der Waals surface area contributed by atoms with E-state index < -0.39 is 0 Å². The number of nitrogens with zero attached hydrogens (tertiary/aromatic N) is 3. The second-order valence-corrected chi connectivity index (χ2v) is 6.06. The lowest BCUT2D eigenvalue weighted by molar-refractivity contribution is 0.102. The number of morpholine rings is 1. The number of hydrogen-bond donors (Lipinski definition) is 1. The van der Waals surface area contributed by atoms with Gasteiger partial charge in [-0.3, -0.25) is 4.79 Å². The third-order valence-electron chi connectivity index (χ3n) is 4.04. The van der Waals surface area contributed by atoms with Gasteiger partial charge < -0.3 is 15.0 Å². The van der Waals surface area contributed by atoms with Gasteiger partial charge in [0, 0.05) is 18.8 Å². The van der Waals surface area contributed by atoms with Crippen molar-refractivity contribution < 1.29 is 9.53 Å². The molecule has 3 rings (SSSR count). The molecule has 0 unspecified atom stereocenters. The monoisotopic (exact) mass is 326 g/mol. The number of rotatable bonds is 4. The van der Waals surface area contributed by atoms with Gasteiger partial charge in [0.1, 0.15) is 11.5 Å². The zero-order valence-electron chi connectivity index (χ0n) is 14.0. The molecule has 0 spiro atoms. The number of anilines is 2. The molecule has 1 saturated heterocycles. The highest BCUT2D eigenvalue weighted by atomic mass is 16.5. The number of hydrogen-bond acceptors (Lipinski definition) is 5. The molecule has 1 aliphatic rings. The minimum absolute atomic E-state index is 0.246. The van der Waals surface area contributed by atoms with Crippen molar-refractivity contribution in [2.45, 2.75) is 19.8 Å². The lowest BCUT2D eigenvalue weighted by atomic mass is 10.0. The number of carbonyl (C=O) groups is 1. The second kappa shape index (κ2) is 7.40. The van der Waals surface area contributed by atoms with Gasteiger partial charge in [0.25, 0.3) is 5.91 Å². The van der Waals surface area contributed by atoms with Gasteiger partial charge in [0.05, 0.1) is 25.6 Å². The van der Waals surface area contributed by atoms with Crippen molar-refractivity contribution in [3.8, 4) is 0 Å². The standard InChI is InChI=1S/C18H22N4O2/c1-13(2)14-5-3-4-6-15(14)21-18(23)16-11-20-17(12-19-16)22-7-9-24-10-8-22/h3-6,11-13H,7-10H2,1-2H3,(H,21,23). The fourth-order valence-electron chi connectivity index (χ4n) is 2.69. The number of amides is 1. The normalized spacial score (nSPS) is 14.7. The van der Waals surface area contributed by atoms with Gasteiger partial charge in [-0.05, 0) is 17.5 Å². The Balaban J connectivity index is 1.71. The third kappa shape index (κ3) is 3.71. The molecule has 1 aromatic heterocycles. The summed E-state index contributed by atoms with van der Waals surface area (Å²) in [7, 11) is 0.